The van der Waals surface area contributed by atoms with Gasteiger partial charge < -0.3 is 24.4 Å². The second-order valence-electron chi connectivity index (χ2n) is 9.38. The molecule has 0 aliphatic carbocycles. The number of anilines is 1. The molecule has 0 saturated carbocycles. The summed E-state index contributed by atoms with van der Waals surface area (Å²) >= 11 is 6.03. The summed E-state index contributed by atoms with van der Waals surface area (Å²) in [6.45, 7) is 4.81. The predicted octanol–water partition coefficient (Wildman–Crippen LogP) is 5.87. The van der Waals surface area contributed by atoms with E-state index in [2.05, 4.69) is 0 Å². The highest BCUT2D eigenvalue weighted by molar-refractivity contribution is 6.46. The highest BCUT2D eigenvalue weighted by Crippen LogP contribution is 2.42. The Balaban J connectivity index is 1.81. The van der Waals surface area contributed by atoms with Crippen LogP contribution in [-0.4, -0.2) is 55.6 Å². The molecule has 1 N–H and O–H groups in total. The molecule has 3 aromatic rings. The van der Waals surface area contributed by atoms with E-state index in [4.69, 9.17) is 21.1 Å². The van der Waals surface area contributed by atoms with Crippen LogP contribution in [0.1, 0.15) is 36.6 Å². The number of halogens is 1. The van der Waals surface area contributed by atoms with Gasteiger partial charge in [-0.2, -0.15) is 0 Å². The van der Waals surface area contributed by atoms with Crippen LogP contribution in [0.25, 0.3) is 5.76 Å². The molecule has 1 heterocycles. The minimum Gasteiger partial charge on any atom is -0.507 e. The summed E-state index contributed by atoms with van der Waals surface area (Å²) in [5.74, 6) is -0.722. The first-order chi connectivity index (χ1) is 18.7. The Morgan fingerprint density at radius 1 is 0.949 bits per heavy atom. The van der Waals surface area contributed by atoms with Gasteiger partial charge >= 0.3 is 0 Å². The van der Waals surface area contributed by atoms with Crippen molar-refractivity contribution in [3.63, 3.8) is 0 Å². The minimum atomic E-state index is -0.769. The highest BCUT2D eigenvalue weighted by atomic mass is 35.5. The van der Waals surface area contributed by atoms with Crippen molar-refractivity contribution in [2.24, 2.45) is 0 Å². The molecule has 1 saturated heterocycles. The number of hydrogen-bond acceptors (Lipinski definition) is 6. The molecule has 1 aliphatic heterocycles. The van der Waals surface area contributed by atoms with Crippen molar-refractivity contribution >= 4 is 34.7 Å². The Morgan fingerprint density at radius 3 is 2.23 bits per heavy atom. The quantitative estimate of drug-likeness (QED) is 0.194. The van der Waals surface area contributed by atoms with Crippen molar-refractivity contribution in [3.8, 4) is 11.5 Å². The van der Waals surface area contributed by atoms with Gasteiger partial charge in [0, 0.05) is 37.4 Å². The first-order valence-electron chi connectivity index (χ1n) is 12.9. The van der Waals surface area contributed by atoms with Gasteiger partial charge in [-0.1, -0.05) is 35.9 Å². The van der Waals surface area contributed by atoms with Gasteiger partial charge in [-0.3, -0.25) is 9.59 Å². The third kappa shape index (κ3) is 6.04. The van der Waals surface area contributed by atoms with Crippen molar-refractivity contribution in [1.29, 1.82) is 0 Å². The first-order valence-corrected chi connectivity index (χ1v) is 13.3. The summed E-state index contributed by atoms with van der Waals surface area (Å²) in [5.41, 5.74) is 3.03. The molecule has 1 fully saturated rings. The zero-order valence-corrected chi connectivity index (χ0v) is 23.4. The second-order valence-corrected chi connectivity index (χ2v) is 9.82. The summed E-state index contributed by atoms with van der Waals surface area (Å²) in [6.07, 6.45) is 0.518. The number of ketones is 1. The summed E-state index contributed by atoms with van der Waals surface area (Å²) < 4.78 is 11.4. The molecule has 0 spiro atoms. The van der Waals surface area contributed by atoms with Crippen LogP contribution in [0, 0.1) is 0 Å². The maximum atomic E-state index is 13.5. The van der Waals surface area contributed by atoms with Crippen molar-refractivity contribution in [3.05, 3.63) is 94.0 Å². The molecule has 1 amide bonds. The summed E-state index contributed by atoms with van der Waals surface area (Å²) in [4.78, 5) is 30.4. The number of ether oxygens (including phenoxy) is 2. The number of benzene rings is 3. The first kappa shape index (κ1) is 28.0. The fourth-order valence-corrected chi connectivity index (χ4v) is 4.81. The lowest BCUT2D eigenvalue weighted by molar-refractivity contribution is -0.139. The lowest BCUT2D eigenvalue weighted by Crippen LogP contribution is -2.31. The maximum absolute atomic E-state index is 13.5. The van der Waals surface area contributed by atoms with Crippen LogP contribution < -0.4 is 14.4 Å². The Labute approximate surface area is 234 Å². The maximum Gasteiger partial charge on any atom is 0.295 e. The van der Waals surface area contributed by atoms with E-state index in [1.165, 1.54) is 4.90 Å². The predicted molar refractivity (Wildman–Crippen MR) is 154 cm³/mol. The number of aliphatic hydroxyl groups excluding tert-OH is 1. The van der Waals surface area contributed by atoms with Crippen LogP contribution in [-0.2, 0) is 16.0 Å². The van der Waals surface area contributed by atoms with E-state index in [1.54, 1.807) is 30.3 Å². The van der Waals surface area contributed by atoms with Gasteiger partial charge in [0.25, 0.3) is 11.7 Å². The van der Waals surface area contributed by atoms with E-state index >= 15 is 0 Å². The van der Waals surface area contributed by atoms with E-state index in [1.807, 2.05) is 69.2 Å². The van der Waals surface area contributed by atoms with E-state index in [-0.39, 0.29) is 17.9 Å². The van der Waals surface area contributed by atoms with Crippen molar-refractivity contribution in [2.75, 3.05) is 38.8 Å². The minimum absolute atomic E-state index is 0.0267. The molecule has 1 aliphatic rings. The van der Waals surface area contributed by atoms with Gasteiger partial charge in [0.1, 0.15) is 17.3 Å². The molecule has 8 heteroatoms. The fraction of sp³-hybridized carbons (Fsp3) is 0.290. The van der Waals surface area contributed by atoms with Gasteiger partial charge in [0.05, 0.1) is 30.4 Å². The molecule has 1 atom stereocenters. The van der Waals surface area contributed by atoms with E-state index in [9.17, 15) is 14.7 Å². The molecule has 4 rings (SSSR count). The molecule has 1 unspecified atom stereocenters. The smallest absolute Gasteiger partial charge is 0.295 e. The number of nitrogens with zero attached hydrogens (tertiary/aromatic N) is 2. The standard InChI is InChI=1S/C31H33ClN2O5/c1-5-38-24-15-16-25(26(19-24)39-6-2)29(35)27-28(21-9-13-23(14-10-21)33(3)4)34(31(37)30(27)36)18-17-20-7-11-22(32)12-8-20/h7-16,19,28,35H,5-6,17-18H2,1-4H3/b29-27-. The third-order valence-electron chi connectivity index (χ3n) is 6.64. The molecule has 0 bridgehead atoms. The number of amides is 1. The monoisotopic (exact) mass is 548 g/mol. The van der Waals surface area contributed by atoms with Crippen LogP contribution in [0.3, 0.4) is 0 Å². The Hall–Kier alpha value is -3.97. The van der Waals surface area contributed by atoms with Crippen molar-refractivity contribution in [1.82, 2.24) is 4.90 Å². The number of Topliss-reactive ketones (excluding diaryl/α,β-unsaturated/α-hetero) is 1. The number of carbonyl (C=O) groups is 2. The van der Waals surface area contributed by atoms with E-state index in [0.717, 1.165) is 16.8 Å². The van der Waals surface area contributed by atoms with E-state index in [0.29, 0.717) is 41.7 Å². The molecule has 0 radical (unpaired) electrons. The van der Waals surface area contributed by atoms with Gasteiger partial charge in [0.2, 0.25) is 0 Å². The second kappa shape index (κ2) is 12.3. The van der Waals surface area contributed by atoms with Crippen molar-refractivity contribution < 1.29 is 24.2 Å². The number of aliphatic hydroxyl groups is 1. The molecular formula is C31H33ClN2O5. The van der Waals surface area contributed by atoms with Gasteiger partial charge in [0.15, 0.2) is 0 Å². The summed E-state index contributed by atoms with van der Waals surface area (Å²) in [6, 6.07) is 19.3. The summed E-state index contributed by atoms with van der Waals surface area (Å²) in [7, 11) is 3.88. The van der Waals surface area contributed by atoms with Crippen LogP contribution in [0.15, 0.2) is 72.3 Å². The highest BCUT2D eigenvalue weighted by Gasteiger charge is 2.46. The number of hydrogen-bond donors (Lipinski definition) is 1. The van der Waals surface area contributed by atoms with Crippen LogP contribution in [0.2, 0.25) is 5.02 Å². The molecular weight excluding hydrogens is 516 g/mol. The molecule has 3 aromatic carbocycles. The largest absolute Gasteiger partial charge is 0.507 e. The van der Waals surface area contributed by atoms with E-state index < -0.39 is 17.7 Å². The van der Waals surface area contributed by atoms with Gasteiger partial charge in [-0.05, 0) is 67.8 Å². The average molecular weight is 549 g/mol. The average Bonchev–Trinajstić information content (AvgIpc) is 3.18. The third-order valence-corrected chi connectivity index (χ3v) is 6.89. The molecule has 39 heavy (non-hydrogen) atoms. The lowest BCUT2D eigenvalue weighted by atomic mass is 9.94. The number of carbonyl (C=O) groups excluding carboxylic acids is 2. The fourth-order valence-electron chi connectivity index (χ4n) is 4.69. The van der Waals surface area contributed by atoms with Crippen LogP contribution in [0.4, 0.5) is 5.69 Å². The summed E-state index contributed by atoms with van der Waals surface area (Å²) in [5, 5.41) is 12.2. The Kier molecular flexibility index (Phi) is 8.82. The van der Waals surface area contributed by atoms with Crippen LogP contribution >= 0.6 is 11.6 Å². The molecule has 0 aromatic heterocycles. The zero-order chi connectivity index (χ0) is 28.1. The van der Waals surface area contributed by atoms with Gasteiger partial charge in [-0.15, -0.1) is 0 Å². The number of rotatable bonds is 10. The SMILES string of the molecule is CCOc1ccc(/C(O)=C2/C(=O)C(=O)N(CCc3ccc(Cl)cc3)C2c2ccc(N(C)C)cc2)c(OCC)c1. The Morgan fingerprint density at radius 2 is 1.62 bits per heavy atom. The van der Waals surface area contributed by atoms with Crippen molar-refractivity contribution in [2.45, 2.75) is 26.3 Å². The lowest BCUT2D eigenvalue weighted by Gasteiger charge is -2.26. The van der Waals surface area contributed by atoms with Crippen LogP contribution in [0.5, 0.6) is 11.5 Å². The molecule has 7 nitrogen and oxygen atoms in total. The van der Waals surface area contributed by atoms with Gasteiger partial charge in [-0.25, -0.2) is 0 Å². The number of likely N-dealkylation sites (tertiary alicyclic amines) is 1. The molecule has 204 valence electrons. The normalized spacial score (nSPS) is 16.4. The Bertz CT molecular complexity index is 1370. The zero-order valence-electron chi connectivity index (χ0n) is 22.6. The topological polar surface area (TPSA) is 79.3 Å².